The van der Waals surface area contributed by atoms with Crippen LogP contribution in [-0.2, 0) is 9.53 Å². The molecule has 0 spiro atoms. The van der Waals surface area contributed by atoms with Crippen molar-refractivity contribution in [1.82, 2.24) is 5.32 Å². The highest BCUT2D eigenvalue weighted by molar-refractivity contribution is 6.34. The summed E-state index contributed by atoms with van der Waals surface area (Å²) in [7, 11) is 0. The molecule has 0 saturated carbocycles. The minimum Gasteiger partial charge on any atom is -0.387 e. The largest absolute Gasteiger partial charge is 0.387 e. The van der Waals surface area contributed by atoms with Crippen molar-refractivity contribution in [2.45, 2.75) is 24.5 Å². The zero-order chi connectivity index (χ0) is 15.5. The molecule has 8 heteroatoms. The highest BCUT2D eigenvalue weighted by atomic mass is 35.5. The van der Waals surface area contributed by atoms with Crippen LogP contribution in [0, 0.1) is 0 Å². The number of aliphatic hydroxyl groups excluding tert-OH is 1. The first-order valence-electron chi connectivity index (χ1n) is 6.70. The standard InChI is InChI=1S/C14H18Cl2N2O3.ClH/c15-10-5-9(6-11(16)7-10)12(19)8-18-13(20)14(17)1-3-21-4-2-14;/h5-7,12,19H,1-4,8,17H2,(H,18,20);1H. The Morgan fingerprint density at radius 3 is 2.41 bits per heavy atom. The van der Waals surface area contributed by atoms with Crippen LogP contribution < -0.4 is 11.1 Å². The second kappa shape index (κ2) is 8.34. The zero-order valence-corrected chi connectivity index (χ0v) is 14.2. The Kier molecular flexibility index (Phi) is 7.38. The van der Waals surface area contributed by atoms with E-state index in [0.717, 1.165) is 0 Å². The lowest BCUT2D eigenvalue weighted by Crippen LogP contribution is -2.57. The van der Waals surface area contributed by atoms with E-state index in [0.29, 0.717) is 41.7 Å². The molecule has 1 aliphatic heterocycles. The van der Waals surface area contributed by atoms with Gasteiger partial charge < -0.3 is 20.9 Å². The van der Waals surface area contributed by atoms with Gasteiger partial charge in [-0.3, -0.25) is 4.79 Å². The minimum atomic E-state index is -0.927. The number of ether oxygens (including phenoxy) is 1. The molecule has 124 valence electrons. The molecule has 1 fully saturated rings. The van der Waals surface area contributed by atoms with E-state index >= 15 is 0 Å². The molecule has 1 aromatic rings. The first-order chi connectivity index (χ1) is 9.90. The second-order valence-electron chi connectivity index (χ2n) is 5.20. The quantitative estimate of drug-likeness (QED) is 0.758. The number of nitrogens with one attached hydrogen (secondary N) is 1. The highest BCUT2D eigenvalue weighted by Crippen LogP contribution is 2.23. The Morgan fingerprint density at radius 2 is 1.86 bits per heavy atom. The average Bonchev–Trinajstić information content (AvgIpc) is 2.44. The van der Waals surface area contributed by atoms with Gasteiger partial charge in [0.2, 0.25) is 5.91 Å². The van der Waals surface area contributed by atoms with E-state index in [1.54, 1.807) is 18.2 Å². The average molecular weight is 370 g/mol. The third kappa shape index (κ3) is 4.98. The lowest BCUT2D eigenvalue weighted by molar-refractivity contribution is -0.130. The first kappa shape index (κ1) is 19.5. The number of rotatable bonds is 4. The van der Waals surface area contributed by atoms with E-state index in [1.165, 1.54) is 0 Å². The van der Waals surface area contributed by atoms with Crippen molar-refractivity contribution in [2.24, 2.45) is 5.73 Å². The van der Waals surface area contributed by atoms with Gasteiger partial charge in [-0.1, -0.05) is 23.2 Å². The Labute approximate surface area is 145 Å². The van der Waals surface area contributed by atoms with Gasteiger partial charge in [0.15, 0.2) is 0 Å². The smallest absolute Gasteiger partial charge is 0.240 e. The summed E-state index contributed by atoms with van der Waals surface area (Å²) in [6.45, 7) is 0.988. The number of hydrogen-bond donors (Lipinski definition) is 3. The highest BCUT2D eigenvalue weighted by Gasteiger charge is 2.35. The summed E-state index contributed by atoms with van der Waals surface area (Å²) in [6.07, 6.45) is 0.0455. The Bertz CT molecular complexity index is 502. The summed E-state index contributed by atoms with van der Waals surface area (Å²) in [5.74, 6) is -0.280. The molecule has 4 N–H and O–H groups in total. The van der Waals surface area contributed by atoms with Crippen LogP contribution in [-0.4, -0.2) is 36.3 Å². The normalized spacial score (nSPS) is 18.2. The number of hydrogen-bond acceptors (Lipinski definition) is 4. The maximum absolute atomic E-state index is 12.1. The molecule has 2 rings (SSSR count). The summed E-state index contributed by atoms with van der Waals surface area (Å²) >= 11 is 11.8. The van der Waals surface area contributed by atoms with Crippen molar-refractivity contribution in [3.05, 3.63) is 33.8 Å². The van der Waals surface area contributed by atoms with Gasteiger partial charge in [-0.05, 0) is 36.6 Å². The van der Waals surface area contributed by atoms with Crippen LogP contribution in [0.1, 0.15) is 24.5 Å². The van der Waals surface area contributed by atoms with Crippen molar-refractivity contribution >= 4 is 41.5 Å². The second-order valence-corrected chi connectivity index (χ2v) is 6.07. The molecule has 1 heterocycles. The van der Waals surface area contributed by atoms with Crippen LogP contribution in [0.3, 0.4) is 0 Å². The lowest BCUT2D eigenvalue weighted by Gasteiger charge is -2.32. The molecule has 1 aromatic carbocycles. The first-order valence-corrected chi connectivity index (χ1v) is 7.45. The van der Waals surface area contributed by atoms with Crippen molar-refractivity contribution in [1.29, 1.82) is 0 Å². The van der Waals surface area contributed by atoms with E-state index in [9.17, 15) is 9.90 Å². The van der Waals surface area contributed by atoms with Crippen LogP contribution in [0.2, 0.25) is 10.0 Å². The van der Waals surface area contributed by atoms with Crippen LogP contribution in [0.4, 0.5) is 0 Å². The molecule has 0 aromatic heterocycles. The Balaban J connectivity index is 0.00000242. The van der Waals surface area contributed by atoms with Gasteiger partial charge in [-0.15, -0.1) is 12.4 Å². The molecular weight excluding hydrogens is 351 g/mol. The fourth-order valence-electron chi connectivity index (χ4n) is 2.21. The summed E-state index contributed by atoms with van der Waals surface area (Å²) in [4.78, 5) is 12.1. The SMILES string of the molecule is Cl.NC1(C(=O)NCC(O)c2cc(Cl)cc(Cl)c2)CCOCC1. The van der Waals surface area contributed by atoms with Crippen molar-refractivity contribution in [3.63, 3.8) is 0 Å². The molecule has 0 bridgehead atoms. The minimum absolute atomic E-state index is 0. The molecule has 1 amide bonds. The van der Waals surface area contributed by atoms with Crippen LogP contribution >= 0.6 is 35.6 Å². The molecule has 1 unspecified atom stereocenters. The summed E-state index contributed by atoms with van der Waals surface area (Å²) in [5, 5.41) is 13.6. The van der Waals surface area contributed by atoms with Crippen LogP contribution in [0.25, 0.3) is 0 Å². The van der Waals surface area contributed by atoms with Gasteiger partial charge >= 0.3 is 0 Å². The van der Waals surface area contributed by atoms with E-state index in [2.05, 4.69) is 5.32 Å². The number of nitrogens with two attached hydrogens (primary N) is 1. The molecule has 1 atom stereocenters. The maximum atomic E-state index is 12.1. The zero-order valence-electron chi connectivity index (χ0n) is 11.9. The number of carbonyl (C=O) groups excluding carboxylic acids is 1. The van der Waals surface area contributed by atoms with Gasteiger partial charge in [-0.2, -0.15) is 0 Å². The Morgan fingerprint density at radius 1 is 1.32 bits per heavy atom. The lowest BCUT2D eigenvalue weighted by atomic mass is 9.90. The van der Waals surface area contributed by atoms with E-state index in [1.807, 2.05) is 0 Å². The van der Waals surface area contributed by atoms with E-state index in [-0.39, 0.29) is 24.9 Å². The molecule has 0 aliphatic carbocycles. The summed E-state index contributed by atoms with van der Waals surface area (Å²) < 4.78 is 5.20. The number of halogens is 3. The predicted octanol–water partition coefficient (Wildman–Crippen LogP) is 2.07. The van der Waals surface area contributed by atoms with Crippen LogP contribution in [0.5, 0.6) is 0 Å². The third-order valence-electron chi connectivity index (χ3n) is 3.56. The topological polar surface area (TPSA) is 84.6 Å². The van der Waals surface area contributed by atoms with Crippen molar-refractivity contribution in [3.8, 4) is 0 Å². The van der Waals surface area contributed by atoms with Gasteiger partial charge in [-0.25, -0.2) is 0 Å². The Hall–Kier alpha value is -0.560. The van der Waals surface area contributed by atoms with Gasteiger partial charge in [0.05, 0.1) is 11.6 Å². The number of aliphatic hydroxyl groups is 1. The molecule has 1 aliphatic rings. The van der Waals surface area contributed by atoms with Gasteiger partial charge in [0, 0.05) is 29.8 Å². The number of amides is 1. The van der Waals surface area contributed by atoms with Crippen molar-refractivity contribution in [2.75, 3.05) is 19.8 Å². The fourth-order valence-corrected chi connectivity index (χ4v) is 2.76. The molecule has 5 nitrogen and oxygen atoms in total. The van der Waals surface area contributed by atoms with E-state index in [4.69, 9.17) is 33.7 Å². The van der Waals surface area contributed by atoms with E-state index < -0.39 is 11.6 Å². The third-order valence-corrected chi connectivity index (χ3v) is 4.00. The molecule has 22 heavy (non-hydrogen) atoms. The number of benzene rings is 1. The van der Waals surface area contributed by atoms with Crippen molar-refractivity contribution < 1.29 is 14.6 Å². The number of carbonyl (C=O) groups is 1. The molecular formula is C14H19Cl3N2O3. The predicted molar refractivity (Wildman–Crippen MR) is 88.7 cm³/mol. The summed E-state index contributed by atoms with van der Waals surface area (Å²) in [5.41, 5.74) is 5.68. The fraction of sp³-hybridized carbons (Fsp3) is 0.500. The van der Waals surface area contributed by atoms with Crippen LogP contribution in [0.15, 0.2) is 18.2 Å². The van der Waals surface area contributed by atoms with Gasteiger partial charge in [0.25, 0.3) is 0 Å². The molecule has 1 saturated heterocycles. The van der Waals surface area contributed by atoms with Gasteiger partial charge in [0.1, 0.15) is 0 Å². The molecule has 0 radical (unpaired) electrons. The maximum Gasteiger partial charge on any atom is 0.240 e. The summed E-state index contributed by atoms with van der Waals surface area (Å²) in [6, 6.07) is 4.79. The monoisotopic (exact) mass is 368 g/mol.